The van der Waals surface area contributed by atoms with Gasteiger partial charge in [0.1, 0.15) is 11.2 Å². The van der Waals surface area contributed by atoms with E-state index < -0.39 is 0 Å². The summed E-state index contributed by atoms with van der Waals surface area (Å²) >= 11 is 1.79. The lowest BCUT2D eigenvalue weighted by Gasteiger charge is -2.28. The van der Waals surface area contributed by atoms with Crippen LogP contribution in [-0.4, -0.2) is 22.3 Å². The van der Waals surface area contributed by atoms with Crippen molar-refractivity contribution in [3.05, 3.63) is 28.8 Å². The van der Waals surface area contributed by atoms with Crippen molar-refractivity contribution in [3.63, 3.8) is 0 Å². The van der Waals surface area contributed by atoms with Crippen molar-refractivity contribution in [3.8, 4) is 5.75 Å². The molecule has 0 fully saturated rings. The fraction of sp³-hybridized carbons (Fsp3) is 0.781. The van der Waals surface area contributed by atoms with E-state index in [2.05, 4.69) is 67.5 Å². The lowest BCUT2D eigenvalue weighted by atomic mass is 9.78. The maximum absolute atomic E-state index is 12.6. The highest BCUT2D eigenvalue weighted by Gasteiger charge is 2.26. The zero-order chi connectivity index (χ0) is 27.2. The Morgan fingerprint density at radius 3 is 1.75 bits per heavy atom. The number of rotatable bonds is 17. The summed E-state index contributed by atoms with van der Waals surface area (Å²) in [4.78, 5) is 12.6. The number of carbonyl (C=O) groups excluding carboxylic acids is 1. The van der Waals surface area contributed by atoms with Crippen LogP contribution in [0, 0.1) is 0 Å². The van der Waals surface area contributed by atoms with Gasteiger partial charge in [-0.2, -0.15) is 0 Å². The summed E-state index contributed by atoms with van der Waals surface area (Å²) in [5, 5.41) is 10.9. The molecule has 3 nitrogen and oxygen atoms in total. The number of esters is 1. The Labute approximate surface area is 227 Å². The van der Waals surface area contributed by atoms with Gasteiger partial charge in [-0.1, -0.05) is 125 Å². The van der Waals surface area contributed by atoms with Crippen molar-refractivity contribution < 1.29 is 14.6 Å². The molecule has 0 aliphatic carbocycles. The molecule has 1 aromatic carbocycles. The molecule has 1 aromatic rings. The summed E-state index contributed by atoms with van der Waals surface area (Å²) in [6.45, 7) is 17.1. The van der Waals surface area contributed by atoms with Gasteiger partial charge >= 0.3 is 5.97 Å². The van der Waals surface area contributed by atoms with E-state index in [0.717, 1.165) is 28.9 Å². The summed E-state index contributed by atoms with van der Waals surface area (Å²) in [7, 11) is 0. The minimum atomic E-state index is -0.167. The molecule has 1 N–H and O–H groups in total. The monoisotopic (exact) mass is 520 g/mol. The zero-order valence-electron chi connectivity index (χ0n) is 24.8. The molecule has 0 aromatic heterocycles. The third-order valence-electron chi connectivity index (χ3n) is 6.80. The number of ether oxygens (including phenoxy) is 1. The average Bonchev–Trinajstić information content (AvgIpc) is 2.79. The number of thioether (sulfide) groups is 1. The Balaban J connectivity index is 2.44. The van der Waals surface area contributed by atoms with Crippen LogP contribution in [-0.2, 0) is 26.8 Å². The maximum Gasteiger partial charge on any atom is 0.307 e. The van der Waals surface area contributed by atoms with Crippen molar-refractivity contribution in [2.45, 2.75) is 155 Å². The number of benzene rings is 1. The molecular weight excluding hydrogens is 464 g/mol. The van der Waals surface area contributed by atoms with Crippen LogP contribution in [0.25, 0.3) is 0 Å². The molecule has 0 aliphatic heterocycles. The first-order chi connectivity index (χ1) is 16.9. The number of aromatic hydroxyl groups is 1. The Morgan fingerprint density at radius 1 is 0.833 bits per heavy atom. The van der Waals surface area contributed by atoms with Crippen LogP contribution >= 0.6 is 11.8 Å². The van der Waals surface area contributed by atoms with Crippen LogP contribution in [0.3, 0.4) is 0 Å². The molecule has 0 heterocycles. The lowest BCUT2D eigenvalue weighted by Crippen LogP contribution is -2.18. The fourth-order valence-corrected chi connectivity index (χ4v) is 5.52. The van der Waals surface area contributed by atoms with Crippen LogP contribution in [0.5, 0.6) is 5.75 Å². The number of aryl methyl sites for hydroxylation is 1. The van der Waals surface area contributed by atoms with Crippen molar-refractivity contribution in [1.82, 2.24) is 0 Å². The van der Waals surface area contributed by atoms with Gasteiger partial charge in [0.25, 0.3) is 0 Å². The van der Waals surface area contributed by atoms with E-state index in [-0.39, 0.29) is 22.2 Å². The molecule has 0 bridgehead atoms. The first-order valence-corrected chi connectivity index (χ1v) is 15.6. The average molecular weight is 521 g/mol. The third-order valence-corrected chi connectivity index (χ3v) is 8.13. The van der Waals surface area contributed by atoms with Gasteiger partial charge in [-0.25, -0.2) is 0 Å². The SMILES string of the molecule is CCCCCCCCCCCCSC(CC)OC(=O)CCc1cc(C(C)(C)C)c(O)c(C(C)(C)C)c1. The number of carbonyl (C=O) groups is 1. The third kappa shape index (κ3) is 12.9. The van der Waals surface area contributed by atoms with Crippen LogP contribution in [0.1, 0.15) is 149 Å². The molecule has 0 amide bonds. The van der Waals surface area contributed by atoms with E-state index in [4.69, 9.17) is 4.74 Å². The highest BCUT2D eigenvalue weighted by atomic mass is 32.2. The first kappa shape index (κ1) is 32.9. The van der Waals surface area contributed by atoms with E-state index in [9.17, 15) is 9.90 Å². The Kier molecular flexibility index (Phi) is 15.2. The van der Waals surface area contributed by atoms with Gasteiger partial charge in [0.2, 0.25) is 0 Å². The van der Waals surface area contributed by atoms with Crippen LogP contribution in [0.15, 0.2) is 12.1 Å². The standard InChI is InChI=1S/C32H56O3S/c1-9-11-12-13-14-15-16-17-18-19-22-36-29(10-2)35-28(33)21-20-25-23-26(31(3,4)5)30(34)27(24-25)32(6,7)8/h23-24,29,34H,9-22H2,1-8H3. The molecule has 0 saturated heterocycles. The van der Waals surface area contributed by atoms with Crippen molar-refractivity contribution >= 4 is 17.7 Å². The van der Waals surface area contributed by atoms with Crippen LogP contribution in [0.2, 0.25) is 0 Å². The molecule has 0 radical (unpaired) electrons. The summed E-state index contributed by atoms with van der Waals surface area (Å²) in [5.74, 6) is 1.32. The molecule has 1 rings (SSSR count). The quantitative estimate of drug-likeness (QED) is 0.126. The molecule has 0 aliphatic rings. The second-order valence-corrected chi connectivity index (χ2v) is 13.7. The Bertz CT molecular complexity index is 723. The van der Waals surface area contributed by atoms with Gasteiger partial charge in [0.15, 0.2) is 0 Å². The highest BCUT2D eigenvalue weighted by molar-refractivity contribution is 7.99. The van der Waals surface area contributed by atoms with Gasteiger partial charge in [0.05, 0.1) is 0 Å². The molecule has 4 heteroatoms. The van der Waals surface area contributed by atoms with Crippen molar-refractivity contribution in [2.75, 3.05) is 5.75 Å². The molecule has 1 atom stereocenters. The minimum absolute atomic E-state index is 0.0499. The maximum atomic E-state index is 12.6. The fourth-order valence-electron chi connectivity index (χ4n) is 4.47. The zero-order valence-corrected chi connectivity index (χ0v) is 25.6. The number of hydrogen-bond donors (Lipinski definition) is 1. The molecule has 0 spiro atoms. The normalized spacial score (nSPS) is 13.1. The summed E-state index contributed by atoms with van der Waals surface area (Å²) in [5.41, 5.74) is 2.59. The first-order valence-electron chi connectivity index (χ1n) is 14.6. The van der Waals surface area contributed by atoms with Crippen LogP contribution in [0.4, 0.5) is 0 Å². The molecular formula is C32H56O3S. The lowest BCUT2D eigenvalue weighted by molar-refractivity contribution is -0.145. The van der Waals surface area contributed by atoms with Gasteiger partial charge in [-0.3, -0.25) is 4.79 Å². The number of phenols is 1. The Hall–Kier alpha value is -1.16. The van der Waals surface area contributed by atoms with Crippen molar-refractivity contribution in [2.24, 2.45) is 0 Å². The predicted octanol–water partition coefficient (Wildman–Crippen LogP) is 9.85. The largest absolute Gasteiger partial charge is 0.507 e. The van der Waals surface area contributed by atoms with Crippen LogP contribution < -0.4 is 0 Å². The minimum Gasteiger partial charge on any atom is -0.507 e. The number of hydrogen-bond acceptors (Lipinski definition) is 4. The van der Waals surface area contributed by atoms with E-state index in [1.165, 1.54) is 64.2 Å². The van der Waals surface area contributed by atoms with Gasteiger partial charge in [-0.05, 0) is 52.5 Å². The summed E-state index contributed by atoms with van der Waals surface area (Å²) in [6, 6.07) is 4.13. The second kappa shape index (κ2) is 16.6. The topological polar surface area (TPSA) is 46.5 Å². The van der Waals surface area contributed by atoms with Crippen molar-refractivity contribution in [1.29, 1.82) is 0 Å². The summed E-state index contributed by atoms with van der Waals surface area (Å²) in [6.07, 6.45) is 15.3. The predicted molar refractivity (Wildman–Crippen MR) is 158 cm³/mol. The molecule has 208 valence electrons. The van der Waals surface area contributed by atoms with E-state index >= 15 is 0 Å². The number of unbranched alkanes of at least 4 members (excludes halogenated alkanes) is 9. The van der Waals surface area contributed by atoms with E-state index in [1.54, 1.807) is 11.8 Å². The summed E-state index contributed by atoms with van der Waals surface area (Å²) < 4.78 is 5.81. The van der Waals surface area contributed by atoms with E-state index in [1.807, 2.05) is 0 Å². The molecule has 0 saturated carbocycles. The number of phenolic OH excluding ortho intramolecular Hbond substituents is 1. The highest BCUT2D eigenvalue weighted by Crippen LogP contribution is 2.40. The van der Waals surface area contributed by atoms with Gasteiger partial charge < -0.3 is 9.84 Å². The Morgan fingerprint density at radius 2 is 1.31 bits per heavy atom. The smallest absolute Gasteiger partial charge is 0.307 e. The second-order valence-electron chi connectivity index (χ2n) is 12.4. The van der Waals surface area contributed by atoms with Gasteiger partial charge in [0, 0.05) is 6.42 Å². The molecule has 1 unspecified atom stereocenters. The molecule has 36 heavy (non-hydrogen) atoms. The van der Waals surface area contributed by atoms with Gasteiger partial charge in [-0.15, -0.1) is 11.8 Å². The van der Waals surface area contributed by atoms with E-state index in [0.29, 0.717) is 18.6 Å².